The average Bonchev–Trinajstić information content (AvgIpc) is 3.34. The van der Waals surface area contributed by atoms with Crippen molar-refractivity contribution in [3.8, 4) is 0 Å². The number of fused-ring (bicyclic) bond motifs is 2. The molecule has 0 N–H and O–H groups in total. The van der Waals surface area contributed by atoms with E-state index in [1.807, 2.05) is 24.3 Å². The highest BCUT2D eigenvalue weighted by molar-refractivity contribution is 7.07. The predicted octanol–water partition coefficient (Wildman–Crippen LogP) is 3.58. The van der Waals surface area contributed by atoms with Gasteiger partial charge in [-0.1, -0.05) is 66.6 Å². The van der Waals surface area contributed by atoms with Crippen LogP contribution in [0.1, 0.15) is 43.9 Å². The molecule has 7 nitrogen and oxygen atoms in total. The van der Waals surface area contributed by atoms with Gasteiger partial charge in [0.05, 0.1) is 35.7 Å². The first-order valence-corrected chi connectivity index (χ1v) is 12.9. The molecule has 2 aliphatic rings. The van der Waals surface area contributed by atoms with Gasteiger partial charge < -0.3 is 9.64 Å². The van der Waals surface area contributed by atoms with Gasteiger partial charge in [-0.3, -0.25) is 14.2 Å². The first-order chi connectivity index (χ1) is 17.4. The molecule has 0 bridgehead atoms. The molecular formula is C27H24ClN3O4S. The van der Waals surface area contributed by atoms with Crippen LogP contribution in [0, 0.1) is 0 Å². The van der Waals surface area contributed by atoms with Gasteiger partial charge in [0, 0.05) is 17.1 Å². The molecule has 3 aromatic rings. The minimum atomic E-state index is -0.761. The molecule has 184 valence electrons. The number of ether oxygens (including phenoxy) is 1. The first-order valence-electron chi connectivity index (χ1n) is 11.7. The molecule has 5 rings (SSSR count). The van der Waals surface area contributed by atoms with Crippen molar-refractivity contribution in [2.45, 2.75) is 32.7 Å². The maximum Gasteiger partial charge on any atom is 0.338 e. The summed E-state index contributed by atoms with van der Waals surface area (Å²) < 4.78 is 6.85. The van der Waals surface area contributed by atoms with Crippen molar-refractivity contribution in [3.63, 3.8) is 0 Å². The molecule has 0 spiro atoms. The predicted molar refractivity (Wildman–Crippen MR) is 140 cm³/mol. The van der Waals surface area contributed by atoms with Crippen LogP contribution in [0.4, 0.5) is 5.69 Å². The fourth-order valence-corrected chi connectivity index (χ4v) is 6.00. The fourth-order valence-electron chi connectivity index (χ4n) is 4.74. The zero-order valence-corrected chi connectivity index (χ0v) is 21.7. The van der Waals surface area contributed by atoms with E-state index < -0.39 is 12.0 Å². The Kier molecular flexibility index (Phi) is 6.40. The van der Waals surface area contributed by atoms with Crippen LogP contribution in [0.3, 0.4) is 0 Å². The number of hydrogen-bond acceptors (Lipinski definition) is 6. The zero-order chi connectivity index (χ0) is 25.6. The van der Waals surface area contributed by atoms with Gasteiger partial charge in [0.15, 0.2) is 4.80 Å². The molecular weight excluding hydrogens is 498 g/mol. The summed E-state index contributed by atoms with van der Waals surface area (Å²) in [6.45, 7) is 4.37. The largest absolute Gasteiger partial charge is 0.466 e. The SMILES string of the molecule is CCCCN1C(=O)/C(=c2/sc3n(c2=O)[C@H](c2ccc(Cl)cc2)C(C(=O)OC)=C(C)N=3)c2ccccc21. The van der Waals surface area contributed by atoms with Crippen molar-refractivity contribution in [2.24, 2.45) is 4.99 Å². The number of para-hydroxylation sites is 1. The molecule has 1 amide bonds. The van der Waals surface area contributed by atoms with E-state index in [-0.39, 0.29) is 17.0 Å². The molecule has 1 atom stereocenters. The number of amides is 1. The topological polar surface area (TPSA) is 81.0 Å². The molecule has 36 heavy (non-hydrogen) atoms. The molecule has 0 saturated carbocycles. The Morgan fingerprint density at radius 2 is 1.86 bits per heavy atom. The van der Waals surface area contributed by atoms with Crippen molar-refractivity contribution in [1.82, 2.24) is 4.57 Å². The van der Waals surface area contributed by atoms with Crippen molar-refractivity contribution in [3.05, 3.63) is 95.6 Å². The maximum atomic E-state index is 14.0. The van der Waals surface area contributed by atoms with Crippen LogP contribution in [-0.2, 0) is 14.3 Å². The lowest BCUT2D eigenvalue weighted by molar-refractivity contribution is -0.136. The van der Waals surface area contributed by atoms with E-state index in [4.69, 9.17) is 16.3 Å². The number of esters is 1. The molecule has 2 aliphatic heterocycles. The maximum absolute atomic E-state index is 14.0. The van der Waals surface area contributed by atoms with E-state index in [1.165, 1.54) is 23.0 Å². The Labute approximate surface area is 216 Å². The molecule has 0 fully saturated rings. The third-order valence-electron chi connectivity index (χ3n) is 6.47. The van der Waals surface area contributed by atoms with Gasteiger partial charge in [0.2, 0.25) is 0 Å². The monoisotopic (exact) mass is 521 g/mol. The Bertz CT molecular complexity index is 1600. The van der Waals surface area contributed by atoms with Crippen molar-refractivity contribution in [1.29, 1.82) is 0 Å². The second-order valence-corrected chi connectivity index (χ2v) is 10.1. The normalized spacial score (nSPS) is 18.2. The summed E-state index contributed by atoms with van der Waals surface area (Å²) in [6.07, 6.45) is 1.80. The lowest BCUT2D eigenvalue weighted by Crippen LogP contribution is -2.40. The lowest BCUT2D eigenvalue weighted by atomic mass is 9.96. The third kappa shape index (κ3) is 3.81. The highest BCUT2D eigenvalue weighted by atomic mass is 35.5. The molecule has 0 radical (unpaired) electrons. The van der Waals surface area contributed by atoms with Gasteiger partial charge in [-0.05, 0) is 37.1 Å². The second-order valence-electron chi connectivity index (χ2n) is 8.65. The first kappa shape index (κ1) is 24.2. The fraction of sp³-hybridized carbons (Fsp3) is 0.259. The summed E-state index contributed by atoms with van der Waals surface area (Å²) in [7, 11) is 1.30. The highest BCUT2D eigenvalue weighted by Crippen LogP contribution is 2.36. The molecule has 0 aliphatic carbocycles. The smallest absolute Gasteiger partial charge is 0.338 e. The number of allylic oxidation sites excluding steroid dienone is 1. The minimum Gasteiger partial charge on any atom is -0.466 e. The Balaban J connectivity index is 1.80. The lowest BCUT2D eigenvalue weighted by Gasteiger charge is -2.24. The van der Waals surface area contributed by atoms with Crippen molar-refractivity contribution in [2.75, 3.05) is 18.6 Å². The molecule has 3 heterocycles. The van der Waals surface area contributed by atoms with E-state index in [9.17, 15) is 14.4 Å². The molecule has 9 heteroatoms. The standard InChI is InChI=1S/C27H24ClN3O4S/c1-4-5-14-30-19-9-7-6-8-18(19)21(24(30)32)23-25(33)31-22(16-10-12-17(28)13-11-16)20(26(34)35-3)15(2)29-27(31)36-23/h6-13,22H,4-5,14H2,1-3H3/b23-21+/t22-/m1/s1. The van der Waals surface area contributed by atoms with Crippen LogP contribution in [0.5, 0.6) is 0 Å². The van der Waals surface area contributed by atoms with Gasteiger partial charge >= 0.3 is 5.97 Å². The minimum absolute atomic E-state index is 0.193. The number of nitrogens with zero attached hydrogens (tertiary/aromatic N) is 3. The van der Waals surface area contributed by atoms with E-state index in [0.717, 1.165) is 24.1 Å². The number of halogens is 1. The molecule has 2 aromatic carbocycles. The number of hydrogen-bond donors (Lipinski definition) is 0. The van der Waals surface area contributed by atoms with Crippen LogP contribution >= 0.6 is 22.9 Å². The summed E-state index contributed by atoms with van der Waals surface area (Å²) in [5.41, 5.74) is 2.96. The number of carbonyl (C=O) groups excluding carboxylic acids is 2. The average molecular weight is 522 g/mol. The van der Waals surface area contributed by atoms with Crippen molar-refractivity contribution >= 4 is 46.1 Å². The van der Waals surface area contributed by atoms with Gasteiger partial charge in [-0.2, -0.15) is 0 Å². The molecule has 1 aromatic heterocycles. The Morgan fingerprint density at radius 1 is 1.14 bits per heavy atom. The number of rotatable bonds is 5. The number of anilines is 1. The number of thiazole rings is 1. The number of carbonyl (C=O) groups is 2. The van der Waals surface area contributed by atoms with Gasteiger partial charge in [0.1, 0.15) is 4.53 Å². The summed E-state index contributed by atoms with van der Waals surface area (Å²) >= 11 is 7.27. The molecule has 0 unspecified atom stereocenters. The number of methoxy groups -OCH3 is 1. The number of unbranched alkanes of at least 4 members (excludes halogenated alkanes) is 1. The third-order valence-corrected chi connectivity index (χ3v) is 7.78. The Hall–Kier alpha value is -3.49. The summed E-state index contributed by atoms with van der Waals surface area (Å²) in [5, 5.41) is 0.536. The Morgan fingerprint density at radius 3 is 2.56 bits per heavy atom. The zero-order valence-electron chi connectivity index (χ0n) is 20.1. The van der Waals surface area contributed by atoms with Crippen LogP contribution in [-0.4, -0.2) is 30.1 Å². The number of benzene rings is 2. The summed E-state index contributed by atoms with van der Waals surface area (Å²) in [4.78, 5) is 47.2. The summed E-state index contributed by atoms with van der Waals surface area (Å²) in [6, 6.07) is 13.7. The van der Waals surface area contributed by atoms with E-state index in [2.05, 4.69) is 11.9 Å². The van der Waals surface area contributed by atoms with E-state index in [1.54, 1.807) is 36.1 Å². The second kappa shape index (κ2) is 9.52. The number of aromatic nitrogens is 1. The van der Waals surface area contributed by atoms with Crippen LogP contribution in [0.25, 0.3) is 5.57 Å². The van der Waals surface area contributed by atoms with Gasteiger partial charge in [-0.25, -0.2) is 9.79 Å². The van der Waals surface area contributed by atoms with Crippen LogP contribution < -0.4 is 19.8 Å². The van der Waals surface area contributed by atoms with E-state index in [0.29, 0.717) is 37.7 Å². The van der Waals surface area contributed by atoms with Gasteiger partial charge in [0.25, 0.3) is 11.5 Å². The molecule has 0 saturated heterocycles. The van der Waals surface area contributed by atoms with E-state index >= 15 is 0 Å². The van der Waals surface area contributed by atoms with Crippen molar-refractivity contribution < 1.29 is 14.3 Å². The van der Waals surface area contributed by atoms with Crippen LogP contribution in [0.15, 0.2) is 69.6 Å². The quantitative estimate of drug-likeness (QED) is 0.481. The van der Waals surface area contributed by atoms with Gasteiger partial charge in [-0.15, -0.1) is 0 Å². The summed E-state index contributed by atoms with van der Waals surface area (Å²) in [5.74, 6) is -0.760. The highest BCUT2D eigenvalue weighted by Gasteiger charge is 2.37. The van der Waals surface area contributed by atoms with Crippen LogP contribution in [0.2, 0.25) is 5.02 Å².